The van der Waals surface area contributed by atoms with Gasteiger partial charge in [-0.3, -0.25) is 4.79 Å². The fourth-order valence-corrected chi connectivity index (χ4v) is 2.59. The Balaban J connectivity index is 2.12. The molecule has 0 bridgehead atoms. The molecule has 1 aliphatic rings. The van der Waals surface area contributed by atoms with Crippen LogP contribution in [0.4, 0.5) is 8.78 Å². The van der Waals surface area contributed by atoms with Crippen molar-refractivity contribution in [2.45, 2.75) is 18.4 Å². The van der Waals surface area contributed by atoms with Crippen LogP contribution in [0.2, 0.25) is 0 Å². The third kappa shape index (κ3) is 2.07. The van der Waals surface area contributed by atoms with Crippen LogP contribution in [-0.2, 0) is 15.1 Å². The number of carbonyl (C=O) groups excluding carboxylic acids is 1. The number of benzene rings is 2. The molecule has 0 unspecified atom stereocenters. The van der Waals surface area contributed by atoms with Crippen LogP contribution in [0.5, 0.6) is 0 Å². The summed E-state index contributed by atoms with van der Waals surface area (Å²) in [6, 6.07) is 11.7. The first kappa shape index (κ1) is 12.8. The molecule has 0 N–H and O–H groups in total. The lowest BCUT2D eigenvalue weighted by molar-refractivity contribution is -0.146. The van der Waals surface area contributed by atoms with Crippen molar-refractivity contribution in [3.63, 3.8) is 0 Å². The highest BCUT2D eigenvalue weighted by atomic mass is 19.1. The van der Waals surface area contributed by atoms with Gasteiger partial charge < -0.3 is 4.74 Å². The molecule has 1 heterocycles. The highest BCUT2D eigenvalue weighted by molar-refractivity contribution is 5.73. The van der Waals surface area contributed by atoms with Gasteiger partial charge in [-0.1, -0.05) is 24.3 Å². The molecule has 2 aromatic rings. The fourth-order valence-electron chi connectivity index (χ4n) is 2.59. The molecule has 0 aromatic heterocycles. The molecule has 0 radical (unpaired) electrons. The maximum Gasteiger partial charge on any atom is 0.307 e. The monoisotopic (exact) mass is 274 g/mol. The van der Waals surface area contributed by atoms with Gasteiger partial charge in [0.25, 0.3) is 0 Å². The van der Waals surface area contributed by atoms with Crippen LogP contribution in [0.3, 0.4) is 0 Å². The zero-order valence-corrected chi connectivity index (χ0v) is 10.6. The van der Waals surface area contributed by atoms with E-state index in [0.29, 0.717) is 17.5 Å². The summed E-state index contributed by atoms with van der Waals surface area (Å²) in [6.07, 6.45) is 0.748. The maximum absolute atomic E-state index is 13.1. The van der Waals surface area contributed by atoms with Crippen molar-refractivity contribution in [1.82, 2.24) is 0 Å². The minimum Gasteiger partial charge on any atom is -0.449 e. The van der Waals surface area contributed by atoms with Crippen LogP contribution >= 0.6 is 0 Å². The Kier molecular flexibility index (Phi) is 3.01. The van der Waals surface area contributed by atoms with Gasteiger partial charge in [0.2, 0.25) is 0 Å². The van der Waals surface area contributed by atoms with Gasteiger partial charge in [0.15, 0.2) is 5.60 Å². The molecule has 0 atom stereocenters. The highest BCUT2D eigenvalue weighted by Crippen LogP contribution is 2.42. The second kappa shape index (κ2) is 4.71. The molecule has 2 aromatic carbocycles. The minimum absolute atomic E-state index is 0.286. The summed E-state index contributed by atoms with van der Waals surface area (Å²) in [5.41, 5.74) is 0.436. The number of rotatable bonds is 2. The van der Waals surface area contributed by atoms with E-state index in [4.69, 9.17) is 4.74 Å². The molecular weight excluding hydrogens is 262 g/mol. The van der Waals surface area contributed by atoms with Crippen molar-refractivity contribution in [3.05, 3.63) is 71.3 Å². The molecule has 0 aliphatic carbocycles. The largest absolute Gasteiger partial charge is 0.449 e. The first-order chi connectivity index (χ1) is 9.60. The third-order valence-corrected chi connectivity index (χ3v) is 3.59. The molecule has 0 amide bonds. The second-order valence-corrected chi connectivity index (χ2v) is 4.81. The molecule has 0 spiro atoms. The number of cyclic esters (lactones) is 1. The SMILES string of the molecule is O=C1CCC(c2ccc(F)cc2)(c2ccc(F)cc2)O1. The summed E-state index contributed by atoms with van der Waals surface area (Å²) in [7, 11) is 0. The lowest BCUT2D eigenvalue weighted by Gasteiger charge is -2.28. The molecule has 20 heavy (non-hydrogen) atoms. The van der Waals surface area contributed by atoms with E-state index in [1.165, 1.54) is 24.3 Å². The van der Waals surface area contributed by atoms with E-state index in [1.807, 2.05) is 0 Å². The molecule has 1 saturated heterocycles. The normalized spacial score (nSPS) is 17.0. The van der Waals surface area contributed by atoms with Crippen molar-refractivity contribution in [1.29, 1.82) is 0 Å². The Morgan fingerprint density at radius 3 is 1.65 bits per heavy atom. The van der Waals surface area contributed by atoms with E-state index in [9.17, 15) is 13.6 Å². The molecule has 4 heteroatoms. The van der Waals surface area contributed by atoms with Gasteiger partial charge in [0.05, 0.1) is 6.42 Å². The summed E-state index contributed by atoms with van der Waals surface area (Å²) >= 11 is 0. The van der Waals surface area contributed by atoms with Gasteiger partial charge in [0.1, 0.15) is 11.6 Å². The fraction of sp³-hybridized carbons (Fsp3) is 0.188. The predicted molar refractivity (Wildman–Crippen MR) is 68.9 cm³/mol. The Morgan fingerprint density at radius 2 is 1.30 bits per heavy atom. The number of hydrogen-bond donors (Lipinski definition) is 0. The molecule has 0 saturated carbocycles. The van der Waals surface area contributed by atoms with Gasteiger partial charge >= 0.3 is 5.97 Å². The smallest absolute Gasteiger partial charge is 0.307 e. The van der Waals surface area contributed by atoms with Gasteiger partial charge in [0, 0.05) is 17.5 Å². The maximum atomic E-state index is 13.1. The van der Waals surface area contributed by atoms with E-state index in [-0.39, 0.29) is 24.0 Å². The summed E-state index contributed by atoms with van der Waals surface area (Å²) in [4.78, 5) is 11.6. The van der Waals surface area contributed by atoms with E-state index >= 15 is 0 Å². The number of ether oxygens (including phenoxy) is 1. The van der Waals surface area contributed by atoms with E-state index in [0.717, 1.165) is 0 Å². The van der Waals surface area contributed by atoms with Crippen LogP contribution in [0.1, 0.15) is 24.0 Å². The predicted octanol–water partition coefficient (Wildman–Crippen LogP) is 3.55. The average molecular weight is 274 g/mol. The number of hydrogen-bond acceptors (Lipinski definition) is 2. The van der Waals surface area contributed by atoms with Crippen LogP contribution in [0.15, 0.2) is 48.5 Å². The van der Waals surface area contributed by atoms with Crippen LogP contribution in [-0.4, -0.2) is 5.97 Å². The summed E-state index contributed by atoms with van der Waals surface area (Å²) in [6.45, 7) is 0. The molecule has 3 rings (SSSR count). The lowest BCUT2D eigenvalue weighted by Crippen LogP contribution is -2.27. The van der Waals surface area contributed by atoms with Crippen molar-refractivity contribution in [3.8, 4) is 0 Å². The van der Waals surface area contributed by atoms with Gasteiger partial charge in [-0.25, -0.2) is 8.78 Å². The van der Waals surface area contributed by atoms with Crippen molar-refractivity contribution < 1.29 is 18.3 Å². The Labute approximate surface area is 115 Å². The zero-order valence-electron chi connectivity index (χ0n) is 10.6. The summed E-state index contributed by atoms with van der Waals surface area (Å²) < 4.78 is 31.7. The van der Waals surface area contributed by atoms with Gasteiger partial charge in [-0.15, -0.1) is 0 Å². The Hall–Kier alpha value is -2.23. The quantitative estimate of drug-likeness (QED) is 0.783. The molecule has 1 fully saturated rings. The highest BCUT2D eigenvalue weighted by Gasteiger charge is 2.43. The first-order valence-corrected chi connectivity index (χ1v) is 6.34. The summed E-state index contributed by atoms with van der Waals surface area (Å²) in [5.74, 6) is -1.02. The van der Waals surface area contributed by atoms with E-state index in [2.05, 4.69) is 0 Å². The standard InChI is InChI=1S/C16H12F2O2/c17-13-5-1-11(2-6-13)16(10-9-15(19)20-16)12-3-7-14(18)8-4-12/h1-8H,9-10H2. The van der Waals surface area contributed by atoms with Crippen molar-refractivity contribution in [2.24, 2.45) is 0 Å². The van der Waals surface area contributed by atoms with E-state index in [1.54, 1.807) is 24.3 Å². The van der Waals surface area contributed by atoms with Crippen LogP contribution in [0.25, 0.3) is 0 Å². The average Bonchev–Trinajstić information content (AvgIpc) is 2.84. The van der Waals surface area contributed by atoms with Crippen LogP contribution in [0, 0.1) is 11.6 Å². The Morgan fingerprint density at radius 1 is 0.850 bits per heavy atom. The molecule has 102 valence electrons. The van der Waals surface area contributed by atoms with Crippen molar-refractivity contribution >= 4 is 5.97 Å². The van der Waals surface area contributed by atoms with Gasteiger partial charge in [-0.2, -0.15) is 0 Å². The zero-order chi connectivity index (χ0) is 14.2. The lowest BCUT2D eigenvalue weighted by atomic mass is 9.84. The summed E-state index contributed by atoms with van der Waals surface area (Å²) in [5, 5.41) is 0. The number of carbonyl (C=O) groups is 1. The first-order valence-electron chi connectivity index (χ1n) is 6.34. The number of halogens is 2. The third-order valence-electron chi connectivity index (χ3n) is 3.59. The Bertz CT molecular complexity index is 587. The van der Waals surface area contributed by atoms with Crippen LogP contribution < -0.4 is 0 Å². The minimum atomic E-state index is -0.946. The molecule has 1 aliphatic heterocycles. The van der Waals surface area contributed by atoms with E-state index < -0.39 is 5.60 Å². The molecular formula is C16H12F2O2. The topological polar surface area (TPSA) is 26.3 Å². The number of esters is 1. The second-order valence-electron chi connectivity index (χ2n) is 4.81. The molecule has 2 nitrogen and oxygen atoms in total. The van der Waals surface area contributed by atoms with Crippen molar-refractivity contribution in [2.75, 3.05) is 0 Å². The van der Waals surface area contributed by atoms with Gasteiger partial charge in [-0.05, 0) is 24.3 Å².